The van der Waals surface area contributed by atoms with Gasteiger partial charge in [0.1, 0.15) is 0 Å². The van der Waals surface area contributed by atoms with Crippen molar-refractivity contribution in [2.75, 3.05) is 0 Å². The first-order valence-corrected chi connectivity index (χ1v) is 6.48. The molecule has 2 aliphatic carbocycles. The van der Waals surface area contributed by atoms with E-state index in [1.54, 1.807) is 0 Å². The third kappa shape index (κ3) is 2.66. The molecule has 0 aromatic rings. The van der Waals surface area contributed by atoms with Gasteiger partial charge in [0, 0.05) is 0 Å². The van der Waals surface area contributed by atoms with Crippen LogP contribution in [0.1, 0.15) is 51.4 Å². The highest BCUT2D eigenvalue weighted by Gasteiger charge is 2.31. The maximum atomic E-state index is 10.4. The topological polar surface area (TPSA) is 58.9 Å². The van der Waals surface area contributed by atoms with E-state index in [1.165, 1.54) is 0 Å². The van der Waals surface area contributed by atoms with Gasteiger partial charge in [0.05, 0.1) is 12.1 Å². The Bertz CT molecular complexity index is 215. The molecule has 0 aliphatic heterocycles. The zero-order valence-corrected chi connectivity index (χ0v) is 9.68. The molecule has 90 valence electrons. The minimum absolute atomic E-state index is 0.0734. The summed E-state index contributed by atoms with van der Waals surface area (Å²) in [7, 11) is 0. The van der Waals surface area contributed by atoms with Gasteiger partial charge in [-0.1, -0.05) is 10.4 Å². The molecule has 0 N–H and O–H groups in total. The number of hydrogen-bond acceptors (Lipinski definition) is 4. The van der Waals surface area contributed by atoms with E-state index in [-0.39, 0.29) is 12.1 Å². The van der Waals surface area contributed by atoms with Crippen LogP contribution in [0.25, 0.3) is 0 Å². The predicted octanol–water partition coefficient (Wildman–Crippen LogP) is 3.64. The summed E-state index contributed by atoms with van der Waals surface area (Å²) in [6, 6.07) is 0.147. The third-order valence-electron chi connectivity index (χ3n) is 4.45. The highest BCUT2D eigenvalue weighted by Crippen LogP contribution is 2.39. The summed E-state index contributed by atoms with van der Waals surface area (Å²) in [5.74, 6) is 1.54. The van der Waals surface area contributed by atoms with Crippen LogP contribution in [0.15, 0.2) is 10.4 Å². The van der Waals surface area contributed by atoms with E-state index in [4.69, 9.17) is 0 Å². The van der Waals surface area contributed by atoms with Crippen LogP contribution < -0.4 is 0 Å². The normalized spacial score (nSPS) is 40.2. The Morgan fingerprint density at radius 2 is 0.875 bits per heavy atom. The van der Waals surface area contributed by atoms with Crippen molar-refractivity contribution >= 4 is 0 Å². The van der Waals surface area contributed by atoms with Crippen molar-refractivity contribution in [3.8, 4) is 0 Å². The summed E-state index contributed by atoms with van der Waals surface area (Å²) in [5, 5.41) is 6.29. The maximum absolute atomic E-state index is 10.4. The molecule has 0 bridgehead atoms. The third-order valence-corrected chi connectivity index (χ3v) is 4.45. The predicted molar refractivity (Wildman–Crippen MR) is 63.1 cm³/mol. The molecule has 0 radical (unpaired) electrons. The fourth-order valence-electron chi connectivity index (χ4n) is 3.36. The molecule has 4 nitrogen and oxygen atoms in total. The lowest BCUT2D eigenvalue weighted by Crippen LogP contribution is -2.27. The first-order chi connectivity index (χ1) is 7.83. The number of hydrogen-bond donors (Lipinski definition) is 0. The Kier molecular flexibility index (Phi) is 4.02. The molecule has 2 saturated carbocycles. The minimum Gasteiger partial charge on any atom is -0.151 e. The zero-order valence-electron chi connectivity index (χ0n) is 9.68. The fraction of sp³-hybridized carbons (Fsp3) is 1.00. The maximum Gasteiger partial charge on any atom is 0.0920 e. The quantitative estimate of drug-likeness (QED) is 0.687. The van der Waals surface area contributed by atoms with Crippen LogP contribution >= 0.6 is 0 Å². The van der Waals surface area contributed by atoms with Crippen LogP contribution in [0.4, 0.5) is 0 Å². The first-order valence-electron chi connectivity index (χ1n) is 6.48. The van der Waals surface area contributed by atoms with Gasteiger partial charge >= 0.3 is 0 Å². The highest BCUT2D eigenvalue weighted by atomic mass is 16.3. The SMILES string of the molecule is O=NC1CCC(C2CCC(N=O)CC2)CC1. The molecule has 2 rings (SSSR count). The summed E-state index contributed by atoms with van der Waals surface area (Å²) >= 11 is 0. The lowest BCUT2D eigenvalue weighted by Gasteiger charge is -2.35. The number of nitrogens with zero attached hydrogens (tertiary/aromatic N) is 2. The summed E-state index contributed by atoms with van der Waals surface area (Å²) in [4.78, 5) is 20.9. The van der Waals surface area contributed by atoms with E-state index in [1.807, 2.05) is 0 Å². The summed E-state index contributed by atoms with van der Waals surface area (Å²) in [6.07, 6.45) is 8.50. The Hall–Kier alpha value is -0.800. The van der Waals surface area contributed by atoms with Gasteiger partial charge in [0.2, 0.25) is 0 Å². The van der Waals surface area contributed by atoms with Gasteiger partial charge < -0.3 is 0 Å². The molecule has 0 atom stereocenters. The van der Waals surface area contributed by atoms with E-state index < -0.39 is 0 Å². The van der Waals surface area contributed by atoms with Gasteiger partial charge in [-0.05, 0) is 63.2 Å². The van der Waals surface area contributed by atoms with Gasteiger partial charge in [0.15, 0.2) is 0 Å². The van der Waals surface area contributed by atoms with Gasteiger partial charge in [0.25, 0.3) is 0 Å². The van der Waals surface area contributed by atoms with E-state index in [0.29, 0.717) is 0 Å². The standard InChI is InChI=1S/C12H20N2O2/c15-13-11-5-1-9(2-6-11)10-3-7-12(14-16)8-4-10/h9-12H,1-8H2. The summed E-state index contributed by atoms with van der Waals surface area (Å²) < 4.78 is 0. The van der Waals surface area contributed by atoms with Crippen molar-refractivity contribution in [2.24, 2.45) is 22.2 Å². The molecule has 0 unspecified atom stereocenters. The van der Waals surface area contributed by atoms with Crippen molar-refractivity contribution in [1.29, 1.82) is 0 Å². The zero-order chi connectivity index (χ0) is 11.4. The molecule has 0 aromatic carbocycles. The average molecular weight is 224 g/mol. The smallest absolute Gasteiger partial charge is 0.0920 e. The molecule has 0 saturated heterocycles. The Morgan fingerprint density at radius 1 is 0.562 bits per heavy atom. The number of rotatable bonds is 3. The van der Waals surface area contributed by atoms with Crippen LogP contribution in [-0.4, -0.2) is 12.1 Å². The van der Waals surface area contributed by atoms with Crippen molar-refractivity contribution in [2.45, 2.75) is 63.5 Å². The van der Waals surface area contributed by atoms with Gasteiger partial charge in [-0.15, -0.1) is 0 Å². The largest absolute Gasteiger partial charge is 0.151 e. The number of nitroso groups, excluding NO2 is 2. The second-order valence-corrected chi connectivity index (χ2v) is 5.35. The molecule has 0 spiro atoms. The molecular formula is C12H20N2O2. The lowest BCUT2D eigenvalue weighted by molar-refractivity contribution is 0.178. The average Bonchev–Trinajstić information content (AvgIpc) is 2.39. The Morgan fingerprint density at radius 3 is 1.12 bits per heavy atom. The van der Waals surface area contributed by atoms with Crippen molar-refractivity contribution < 1.29 is 0 Å². The Labute approximate surface area is 96.1 Å². The van der Waals surface area contributed by atoms with Crippen LogP contribution in [0.3, 0.4) is 0 Å². The van der Waals surface area contributed by atoms with Crippen LogP contribution in [0, 0.1) is 21.6 Å². The van der Waals surface area contributed by atoms with Gasteiger partial charge in [-0.2, -0.15) is 9.81 Å². The van der Waals surface area contributed by atoms with Crippen molar-refractivity contribution in [3.05, 3.63) is 9.81 Å². The van der Waals surface area contributed by atoms with Gasteiger partial charge in [-0.25, -0.2) is 0 Å². The first kappa shape index (κ1) is 11.7. The monoisotopic (exact) mass is 224 g/mol. The fourth-order valence-corrected chi connectivity index (χ4v) is 3.36. The van der Waals surface area contributed by atoms with Crippen LogP contribution in [0.2, 0.25) is 0 Å². The minimum atomic E-state index is 0.0734. The molecule has 0 aromatic heterocycles. The molecule has 2 aliphatic rings. The second-order valence-electron chi connectivity index (χ2n) is 5.35. The lowest BCUT2D eigenvalue weighted by atomic mass is 9.72. The highest BCUT2D eigenvalue weighted by molar-refractivity contribution is 4.85. The summed E-state index contributed by atoms with van der Waals surface area (Å²) in [5.41, 5.74) is 0. The van der Waals surface area contributed by atoms with E-state index in [9.17, 15) is 9.81 Å². The molecule has 16 heavy (non-hydrogen) atoms. The van der Waals surface area contributed by atoms with E-state index in [2.05, 4.69) is 10.4 Å². The molecule has 0 amide bonds. The van der Waals surface area contributed by atoms with Crippen LogP contribution in [-0.2, 0) is 0 Å². The van der Waals surface area contributed by atoms with Gasteiger partial charge in [-0.3, -0.25) is 0 Å². The summed E-state index contributed by atoms with van der Waals surface area (Å²) in [6.45, 7) is 0. The molecule has 4 heteroatoms. The molecule has 2 fully saturated rings. The van der Waals surface area contributed by atoms with Crippen molar-refractivity contribution in [1.82, 2.24) is 0 Å². The molecule has 0 heterocycles. The van der Waals surface area contributed by atoms with Crippen LogP contribution in [0.5, 0.6) is 0 Å². The van der Waals surface area contributed by atoms with E-state index >= 15 is 0 Å². The molecular weight excluding hydrogens is 204 g/mol. The Balaban J connectivity index is 1.77. The second kappa shape index (κ2) is 5.51. The van der Waals surface area contributed by atoms with E-state index in [0.717, 1.165) is 63.2 Å². The van der Waals surface area contributed by atoms with Crippen molar-refractivity contribution in [3.63, 3.8) is 0 Å².